The quantitative estimate of drug-likeness (QED) is 0.215. The van der Waals surface area contributed by atoms with Crippen LogP contribution in [0.1, 0.15) is 42.3 Å². The van der Waals surface area contributed by atoms with E-state index < -0.39 is 28.1 Å². The molecule has 0 aliphatic heterocycles. The molecule has 43 heavy (non-hydrogen) atoms. The molecule has 224 valence electrons. The number of alkyl halides is 3. The highest BCUT2D eigenvalue weighted by Gasteiger charge is 2.38. The normalized spacial score (nSPS) is 11.7. The number of benzene rings is 3. The van der Waals surface area contributed by atoms with Crippen LogP contribution in [0.5, 0.6) is 0 Å². The standard InChI is InChI=1S/C27H22ClN3O4S.C2HF3O2/c1-27(2,3)17-7-9-18(10-8-17)36(34,35)31-22-13-6-16(15-29)24(28)23(22)19-11-12-21(26(32)33)25-20(19)5-4-14-30-25;3-2(4,5)1(6)7/h4-14,31H,1-3H3,(H,32,33);(H,6,7). The summed E-state index contributed by atoms with van der Waals surface area (Å²) in [5, 5.41) is 26.7. The fraction of sp³-hybridized carbons (Fsp3) is 0.172. The molecule has 0 unspecified atom stereocenters. The minimum absolute atomic E-state index is 0.0111. The lowest BCUT2D eigenvalue weighted by Gasteiger charge is -2.20. The molecule has 0 fully saturated rings. The Morgan fingerprint density at radius 2 is 1.58 bits per heavy atom. The molecule has 0 aliphatic carbocycles. The average molecular weight is 634 g/mol. The van der Waals surface area contributed by atoms with Gasteiger partial charge in [-0.25, -0.2) is 18.0 Å². The molecule has 0 spiro atoms. The summed E-state index contributed by atoms with van der Waals surface area (Å²) in [5.74, 6) is -3.91. The molecule has 0 saturated carbocycles. The number of pyridine rings is 1. The number of aliphatic carboxylic acids is 1. The molecule has 4 aromatic rings. The van der Waals surface area contributed by atoms with Crippen LogP contribution in [-0.2, 0) is 20.2 Å². The Labute approximate surface area is 249 Å². The average Bonchev–Trinajstić information content (AvgIpc) is 2.92. The van der Waals surface area contributed by atoms with E-state index in [1.54, 1.807) is 24.3 Å². The molecule has 0 atom stereocenters. The van der Waals surface area contributed by atoms with Gasteiger partial charge in [0, 0.05) is 17.1 Å². The van der Waals surface area contributed by atoms with Gasteiger partial charge in [-0.15, -0.1) is 0 Å². The van der Waals surface area contributed by atoms with Crippen molar-refractivity contribution in [3.63, 3.8) is 0 Å². The first-order valence-corrected chi connectivity index (χ1v) is 14.0. The summed E-state index contributed by atoms with van der Waals surface area (Å²) < 4.78 is 61.0. The Bertz CT molecular complexity index is 1860. The number of hydrogen-bond donors (Lipinski definition) is 3. The number of carboxylic acids is 2. The minimum atomic E-state index is -5.08. The van der Waals surface area contributed by atoms with Crippen molar-refractivity contribution in [1.29, 1.82) is 5.26 Å². The monoisotopic (exact) mass is 633 g/mol. The highest BCUT2D eigenvalue weighted by Crippen LogP contribution is 2.41. The minimum Gasteiger partial charge on any atom is -0.478 e. The number of fused-ring (bicyclic) bond motifs is 1. The third-order valence-electron chi connectivity index (χ3n) is 6.05. The smallest absolute Gasteiger partial charge is 0.478 e. The van der Waals surface area contributed by atoms with Crippen LogP contribution in [0.15, 0.2) is 71.8 Å². The molecule has 9 nitrogen and oxygen atoms in total. The zero-order valence-electron chi connectivity index (χ0n) is 22.7. The lowest BCUT2D eigenvalue weighted by molar-refractivity contribution is -0.192. The van der Waals surface area contributed by atoms with Crippen molar-refractivity contribution in [1.82, 2.24) is 4.98 Å². The number of carbonyl (C=O) groups is 2. The Morgan fingerprint density at radius 1 is 0.977 bits per heavy atom. The maximum Gasteiger partial charge on any atom is 0.490 e. The lowest BCUT2D eigenvalue weighted by atomic mass is 9.87. The second-order valence-electron chi connectivity index (χ2n) is 10.0. The van der Waals surface area contributed by atoms with Gasteiger partial charge in [0.15, 0.2) is 0 Å². The van der Waals surface area contributed by atoms with Gasteiger partial charge >= 0.3 is 18.1 Å². The number of nitrogens with one attached hydrogen (secondary N) is 1. The number of aromatic nitrogens is 1. The first-order chi connectivity index (χ1) is 19.9. The highest BCUT2D eigenvalue weighted by atomic mass is 35.5. The van der Waals surface area contributed by atoms with Crippen LogP contribution in [0.2, 0.25) is 5.02 Å². The lowest BCUT2D eigenvalue weighted by Crippen LogP contribution is -2.21. The van der Waals surface area contributed by atoms with Gasteiger partial charge in [0.25, 0.3) is 10.0 Å². The molecule has 0 saturated heterocycles. The number of nitrogens with zero attached hydrogens (tertiary/aromatic N) is 2. The van der Waals surface area contributed by atoms with Gasteiger partial charge in [-0.3, -0.25) is 9.71 Å². The van der Waals surface area contributed by atoms with Crippen molar-refractivity contribution in [2.24, 2.45) is 0 Å². The van der Waals surface area contributed by atoms with E-state index in [-0.39, 0.29) is 43.2 Å². The van der Waals surface area contributed by atoms with Crippen LogP contribution in [0.25, 0.3) is 22.0 Å². The third kappa shape index (κ3) is 7.40. The van der Waals surface area contributed by atoms with Gasteiger partial charge in [-0.2, -0.15) is 18.4 Å². The Kier molecular flexibility index (Phi) is 9.38. The van der Waals surface area contributed by atoms with E-state index in [0.29, 0.717) is 10.9 Å². The molecule has 3 aromatic carbocycles. The predicted octanol–water partition coefficient (Wildman–Crippen LogP) is 6.86. The molecule has 14 heteroatoms. The van der Waals surface area contributed by atoms with Gasteiger partial charge in [0.1, 0.15) is 6.07 Å². The zero-order chi connectivity index (χ0) is 32.3. The SMILES string of the molecule is CC(C)(C)c1ccc(S(=O)(=O)Nc2ccc(C#N)c(Cl)c2-c2ccc(C(=O)O)c3ncccc23)cc1.O=C(O)C(F)(F)F. The zero-order valence-corrected chi connectivity index (χ0v) is 24.3. The second-order valence-corrected chi connectivity index (χ2v) is 12.1. The molecular weight excluding hydrogens is 611 g/mol. The van der Waals surface area contributed by atoms with E-state index in [1.165, 1.54) is 42.6 Å². The Morgan fingerprint density at radius 3 is 2.09 bits per heavy atom. The number of anilines is 1. The second kappa shape index (κ2) is 12.3. The topological polar surface area (TPSA) is 157 Å². The fourth-order valence-corrected chi connectivity index (χ4v) is 5.29. The van der Waals surface area contributed by atoms with E-state index in [2.05, 4.69) is 9.71 Å². The largest absolute Gasteiger partial charge is 0.490 e. The molecular formula is C29H23ClF3N3O6S. The number of nitriles is 1. The van der Waals surface area contributed by atoms with Crippen molar-refractivity contribution in [2.45, 2.75) is 37.3 Å². The predicted molar refractivity (Wildman–Crippen MR) is 154 cm³/mol. The summed E-state index contributed by atoms with van der Waals surface area (Å²) in [6, 6.07) is 17.7. The van der Waals surface area contributed by atoms with E-state index in [1.807, 2.05) is 26.8 Å². The number of sulfonamides is 1. The van der Waals surface area contributed by atoms with Crippen molar-refractivity contribution in [3.05, 3.63) is 88.6 Å². The van der Waals surface area contributed by atoms with Crippen molar-refractivity contribution < 1.29 is 41.4 Å². The van der Waals surface area contributed by atoms with Crippen LogP contribution < -0.4 is 4.72 Å². The maximum atomic E-state index is 13.3. The van der Waals surface area contributed by atoms with E-state index >= 15 is 0 Å². The summed E-state index contributed by atoms with van der Waals surface area (Å²) in [5.41, 5.74) is 2.03. The molecule has 0 aliphatic rings. The summed E-state index contributed by atoms with van der Waals surface area (Å²) in [6.45, 7) is 6.11. The number of halogens is 4. The number of aromatic carboxylic acids is 1. The van der Waals surface area contributed by atoms with Gasteiger partial charge in [-0.05, 0) is 52.9 Å². The van der Waals surface area contributed by atoms with Crippen molar-refractivity contribution in [2.75, 3.05) is 4.72 Å². The van der Waals surface area contributed by atoms with E-state index in [9.17, 15) is 36.8 Å². The van der Waals surface area contributed by atoms with E-state index in [0.717, 1.165) is 5.56 Å². The highest BCUT2D eigenvalue weighted by molar-refractivity contribution is 7.92. The van der Waals surface area contributed by atoms with Gasteiger partial charge in [0.2, 0.25) is 0 Å². The van der Waals surface area contributed by atoms with Crippen LogP contribution in [0, 0.1) is 11.3 Å². The van der Waals surface area contributed by atoms with Crippen LogP contribution in [0.3, 0.4) is 0 Å². The van der Waals surface area contributed by atoms with Gasteiger partial charge < -0.3 is 10.2 Å². The maximum absolute atomic E-state index is 13.3. The summed E-state index contributed by atoms with van der Waals surface area (Å²) >= 11 is 6.60. The van der Waals surface area contributed by atoms with Crippen LogP contribution in [-0.4, -0.2) is 41.7 Å². The molecule has 0 radical (unpaired) electrons. The fourth-order valence-electron chi connectivity index (χ4n) is 3.91. The first-order valence-electron chi connectivity index (χ1n) is 12.2. The molecule has 1 heterocycles. The van der Waals surface area contributed by atoms with E-state index in [4.69, 9.17) is 21.5 Å². The van der Waals surface area contributed by atoms with Crippen LogP contribution in [0.4, 0.5) is 18.9 Å². The first kappa shape index (κ1) is 32.8. The Hall–Kier alpha value is -4.67. The van der Waals surface area contributed by atoms with Crippen LogP contribution >= 0.6 is 11.6 Å². The number of hydrogen-bond acceptors (Lipinski definition) is 6. The summed E-state index contributed by atoms with van der Waals surface area (Å²) in [7, 11) is -4.02. The molecule has 0 amide bonds. The summed E-state index contributed by atoms with van der Waals surface area (Å²) in [6.07, 6.45) is -3.61. The van der Waals surface area contributed by atoms with Crippen molar-refractivity contribution >= 4 is 50.2 Å². The van der Waals surface area contributed by atoms with Gasteiger partial charge in [0.05, 0.1) is 32.2 Å². The van der Waals surface area contributed by atoms with Crippen molar-refractivity contribution in [3.8, 4) is 17.2 Å². The summed E-state index contributed by atoms with van der Waals surface area (Å²) in [4.78, 5) is 24.9. The Balaban J connectivity index is 0.000000646. The number of rotatable bonds is 5. The molecule has 1 aromatic heterocycles. The third-order valence-corrected chi connectivity index (χ3v) is 7.82. The number of carboxylic acid groups (broad SMARTS) is 2. The van der Waals surface area contributed by atoms with Gasteiger partial charge in [-0.1, -0.05) is 56.6 Å². The molecule has 3 N–H and O–H groups in total. The molecule has 4 rings (SSSR count). The molecule has 0 bridgehead atoms.